The number of aryl methyl sites for hydroxylation is 1. The Morgan fingerprint density at radius 2 is 1.60 bits per heavy atom. The fourth-order valence-corrected chi connectivity index (χ4v) is 1.52. The normalized spacial score (nSPS) is 12.3. The van der Waals surface area contributed by atoms with Gasteiger partial charge in [-0.15, -0.1) is 0 Å². The lowest BCUT2D eigenvalue weighted by atomic mass is 9.94. The van der Waals surface area contributed by atoms with Gasteiger partial charge in [0.15, 0.2) is 0 Å². The largest absolute Gasteiger partial charge is 0.416 e. The van der Waals surface area contributed by atoms with Crippen LogP contribution in [0.15, 0.2) is 12.1 Å². The second-order valence-corrected chi connectivity index (χ2v) is 4.16. The number of rotatable bonds is 1. The summed E-state index contributed by atoms with van der Waals surface area (Å²) >= 11 is 0. The van der Waals surface area contributed by atoms with E-state index in [1.54, 1.807) is 6.92 Å². The second kappa shape index (κ2) is 3.87. The van der Waals surface area contributed by atoms with E-state index in [1.807, 2.05) is 19.9 Å². The molecular formula is C12H15F3. The third-order valence-electron chi connectivity index (χ3n) is 2.66. The summed E-state index contributed by atoms with van der Waals surface area (Å²) in [5, 5.41) is 0. The van der Waals surface area contributed by atoms with E-state index in [2.05, 4.69) is 0 Å². The van der Waals surface area contributed by atoms with Gasteiger partial charge in [-0.3, -0.25) is 0 Å². The van der Waals surface area contributed by atoms with Gasteiger partial charge < -0.3 is 0 Å². The summed E-state index contributed by atoms with van der Waals surface area (Å²) in [4.78, 5) is 0. The Morgan fingerprint density at radius 3 is 2.00 bits per heavy atom. The first-order chi connectivity index (χ1) is 6.73. The van der Waals surface area contributed by atoms with Gasteiger partial charge in [-0.25, -0.2) is 0 Å². The maximum atomic E-state index is 12.7. The Hall–Kier alpha value is -0.990. The number of hydrogen-bond acceptors (Lipinski definition) is 0. The molecule has 84 valence electrons. The molecule has 0 amide bonds. The van der Waals surface area contributed by atoms with E-state index in [-0.39, 0.29) is 5.92 Å². The van der Waals surface area contributed by atoms with Crippen LogP contribution in [-0.4, -0.2) is 0 Å². The SMILES string of the molecule is Cc1cc(C(C)C)cc(C(F)(F)F)c1C. The fourth-order valence-electron chi connectivity index (χ4n) is 1.52. The zero-order valence-corrected chi connectivity index (χ0v) is 9.37. The van der Waals surface area contributed by atoms with Crippen molar-refractivity contribution in [3.63, 3.8) is 0 Å². The van der Waals surface area contributed by atoms with Gasteiger partial charge in [0.1, 0.15) is 0 Å². The molecule has 0 aliphatic carbocycles. The average Bonchev–Trinajstić information content (AvgIpc) is 2.06. The number of halogens is 3. The van der Waals surface area contributed by atoms with Crippen LogP contribution >= 0.6 is 0 Å². The zero-order chi connectivity index (χ0) is 11.8. The van der Waals surface area contributed by atoms with Crippen molar-refractivity contribution in [2.24, 2.45) is 0 Å². The van der Waals surface area contributed by atoms with Gasteiger partial charge in [0.05, 0.1) is 5.56 Å². The van der Waals surface area contributed by atoms with E-state index in [9.17, 15) is 13.2 Å². The summed E-state index contributed by atoms with van der Waals surface area (Å²) in [7, 11) is 0. The van der Waals surface area contributed by atoms with Gasteiger partial charge >= 0.3 is 6.18 Å². The molecule has 0 unspecified atom stereocenters. The van der Waals surface area contributed by atoms with Crippen molar-refractivity contribution in [2.75, 3.05) is 0 Å². The van der Waals surface area contributed by atoms with Crippen molar-refractivity contribution in [2.45, 2.75) is 39.8 Å². The van der Waals surface area contributed by atoms with Crippen LogP contribution in [0.25, 0.3) is 0 Å². The van der Waals surface area contributed by atoms with E-state index in [1.165, 1.54) is 13.0 Å². The molecule has 0 N–H and O–H groups in total. The summed E-state index contributed by atoms with van der Waals surface area (Å²) in [5.41, 5.74) is 1.26. The summed E-state index contributed by atoms with van der Waals surface area (Å²) in [5.74, 6) is 0.116. The topological polar surface area (TPSA) is 0 Å². The van der Waals surface area contributed by atoms with Crippen molar-refractivity contribution < 1.29 is 13.2 Å². The minimum absolute atomic E-state index is 0.116. The van der Waals surface area contributed by atoms with Crippen LogP contribution in [-0.2, 0) is 6.18 Å². The molecule has 0 fully saturated rings. The Kier molecular flexibility index (Phi) is 3.12. The minimum Gasteiger partial charge on any atom is -0.166 e. The van der Waals surface area contributed by atoms with Crippen molar-refractivity contribution in [1.29, 1.82) is 0 Å². The van der Waals surface area contributed by atoms with Crippen LogP contribution in [0.1, 0.15) is 42.0 Å². The molecule has 0 radical (unpaired) electrons. The summed E-state index contributed by atoms with van der Waals surface area (Å²) in [6, 6.07) is 3.09. The number of alkyl halides is 3. The molecule has 1 rings (SSSR count). The van der Waals surface area contributed by atoms with Gasteiger partial charge in [-0.05, 0) is 42.5 Å². The van der Waals surface area contributed by atoms with Crippen molar-refractivity contribution in [3.05, 3.63) is 34.4 Å². The summed E-state index contributed by atoms with van der Waals surface area (Å²) < 4.78 is 38.0. The molecule has 0 aliphatic rings. The highest BCUT2D eigenvalue weighted by Gasteiger charge is 2.33. The van der Waals surface area contributed by atoms with Gasteiger partial charge in [-0.2, -0.15) is 13.2 Å². The lowest BCUT2D eigenvalue weighted by molar-refractivity contribution is -0.138. The molecule has 1 aromatic rings. The molecule has 0 heterocycles. The molecule has 0 nitrogen and oxygen atoms in total. The molecule has 15 heavy (non-hydrogen) atoms. The predicted octanol–water partition coefficient (Wildman–Crippen LogP) is 4.45. The Bertz CT molecular complexity index is 362. The Labute approximate surface area is 88.1 Å². The van der Waals surface area contributed by atoms with Crippen molar-refractivity contribution >= 4 is 0 Å². The monoisotopic (exact) mass is 216 g/mol. The first-order valence-electron chi connectivity index (χ1n) is 4.92. The van der Waals surface area contributed by atoms with Crippen LogP contribution in [0.5, 0.6) is 0 Å². The van der Waals surface area contributed by atoms with E-state index in [0.29, 0.717) is 11.1 Å². The van der Waals surface area contributed by atoms with Crippen molar-refractivity contribution in [1.82, 2.24) is 0 Å². The second-order valence-electron chi connectivity index (χ2n) is 4.16. The standard InChI is InChI=1S/C12H15F3/c1-7(2)10-5-8(3)9(4)11(6-10)12(13,14)15/h5-7H,1-4H3. The molecule has 0 atom stereocenters. The molecule has 3 heteroatoms. The molecule has 0 bridgehead atoms. The molecule has 1 aromatic carbocycles. The summed E-state index contributed by atoms with van der Waals surface area (Å²) in [6.45, 7) is 7.02. The average molecular weight is 216 g/mol. The Balaban J connectivity index is 3.38. The van der Waals surface area contributed by atoms with Crippen LogP contribution < -0.4 is 0 Å². The Morgan fingerprint density at radius 1 is 1.07 bits per heavy atom. The van der Waals surface area contributed by atoms with Crippen LogP contribution in [0.4, 0.5) is 13.2 Å². The highest BCUT2D eigenvalue weighted by atomic mass is 19.4. The lowest BCUT2D eigenvalue weighted by Gasteiger charge is -2.16. The third-order valence-corrected chi connectivity index (χ3v) is 2.66. The molecule has 0 aromatic heterocycles. The van der Waals surface area contributed by atoms with E-state index < -0.39 is 11.7 Å². The highest BCUT2D eigenvalue weighted by Crippen LogP contribution is 2.35. The van der Waals surface area contributed by atoms with E-state index in [4.69, 9.17) is 0 Å². The fraction of sp³-hybridized carbons (Fsp3) is 0.500. The van der Waals surface area contributed by atoms with E-state index in [0.717, 1.165) is 5.56 Å². The maximum Gasteiger partial charge on any atom is 0.416 e. The first-order valence-corrected chi connectivity index (χ1v) is 4.92. The van der Waals surface area contributed by atoms with Crippen LogP contribution in [0, 0.1) is 13.8 Å². The van der Waals surface area contributed by atoms with Gasteiger partial charge in [-0.1, -0.05) is 19.9 Å². The summed E-state index contributed by atoms with van der Waals surface area (Å²) in [6.07, 6.45) is -4.25. The third kappa shape index (κ3) is 2.52. The van der Waals surface area contributed by atoms with Crippen LogP contribution in [0.3, 0.4) is 0 Å². The van der Waals surface area contributed by atoms with Gasteiger partial charge in [0, 0.05) is 0 Å². The zero-order valence-electron chi connectivity index (χ0n) is 9.37. The molecule has 0 saturated heterocycles. The van der Waals surface area contributed by atoms with Crippen molar-refractivity contribution in [3.8, 4) is 0 Å². The first kappa shape index (κ1) is 12.1. The maximum absolute atomic E-state index is 12.7. The highest BCUT2D eigenvalue weighted by molar-refractivity contribution is 5.40. The number of hydrogen-bond donors (Lipinski definition) is 0. The predicted molar refractivity (Wildman–Crippen MR) is 55.0 cm³/mol. The molecule has 0 spiro atoms. The lowest BCUT2D eigenvalue weighted by Crippen LogP contribution is -2.10. The smallest absolute Gasteiger partial charge is 0.166 e. The van der Waals surface area contributed by atoms with Gasteiger partial charge in [0.2, 0.25) is 0 Å². The quantitative estimate of drug-likeness (QED) is 0.650. The van der Waals surface area contributed by atoms with Gasteiger partial charge in [0.25, 0.3) is 0 Å². The molecule has 0 saturated carbocycles. The van der Waals surface area contributed by atoms with Crippen LogP contribution in [0.2, 0.25) is 0 Å². The minimum atomic E-state index is -4.25. The van der Waals surface area contributed by atoms with E-state index >= 15 is 0 Å². The molecule has 0 aliphatic heterocycles. The number of benzene rings is 1. The molecular weight excluding hydrogens is 201 g/mol.